The summed E-state index contributed by atoms with van der Waals surface area (Å²) in [6.07, 6.45) is 3.11. The van der Waals surface area contributed by atoms with Crippen LogP contribution in [0.1, 0.15) is 12.1 Å². The number of nitrogen functional groups attached to an aromatic ring is 1. The van der Waals surface area contributed by atoms with Gasteiger partial charge in [-0.2, -0.15) is 5.10 Å². The van der Waals surface area contributed by atoms with E-state index >= 15 is 0 Å². The van der Waals surface area contributed by atoms with Gasteiger partial charge < -0.3 is 10.6 Å². The summed E-state index contributed by atoms with van der Waals surface area (Å²) in [6, 6.07) is 7.84. The second kappa shape index (κ2) is 6.58. The number of halogens is 1. The number of benzene rings is 1. The Bertz CT molecular complexity index is 639. The van der Waals surface area contributed by atoms with Crippen molar-refractivity contribution in [3.63, 3.8) is 0 Å². The summed E-state index contributed by atoms with van der Waals surface area (Å²) in [4.78, 5) is 4.80. The van der Waals surface area contributed by atoms with Crippen molar-refractivity contribution in [2.75, 3.05) is 36.8 Å². The Labute approximate surface area is 136 Å². The van der Waals surface area contributed by atoms with Crippen LogP contribution >= 0.6 is 11.6 Å². The highest BCUT2D eigenvalue weighted by Gasteiger charge is 2.17. The number of rotatable bonds is 3. The molecule has 0 saturated carbocycles. The van der Waals surface area contributed by atoms with Crippen molar-refractivity contribution < 1.29 is 0 Å². The Kier molecular flexibility index (Phi) is 4.55. The molecular formula is C16H22ClN5. The predicted molar refractivity (Wildman–Crippen MR) is 91.2 cm³/mol. The van der Waals surface area contributed by atoms with E-state index in [1.165, 1.54) is 0 Å². The van der Waals surface area contributed by atoms with Crippen molar-refractivity contribution in [3.05, 3.63) is 41.2 Å². The van der Waals surface area contributed by atoms with Crippen molar-refractivity contribution in [3.8, 4) is 0 Å². The van der Waals surface area contributed by atoms with Gasteiger partial charge in [-0.3, -0.25) is 9.58 Å². The number of hydrogen-bond donors (Lipinski definition) is 1. The monoisotopic (exact) mass is 319 g/mol. The number of hydrogen-bond acceptors (Lipinski definition) is 4. The first kappa shape index (κ1) is 15.2. The normalized spacial score (nSPS) is 16.7. The van der Waals surface area contributed by atoms with E-state index in [1.54, 1.807) is 0 Å². The molecule has 1 saturated heterocycles. The lowest BCUT2D eigenvalue weighted by Crippen LogP contribution is -2.31. The Morgan fingerprint density at radius 2 is 2.05 bits per heavy atom. The van der Waals surface area contributed by atoms with E-state index in [1.807, 2.05) is 36.1 Å². The number of anilines is 2. The fourth-order valence-corrected chi connectivity index (χ4v) is 3.14. The fraction of sp³-hybridized carbons (Fsp3) is 0.438. The number of nitrogens with zero attached hydrogens (tertiary/aromatic N) is 4. The van der Waals surface area contributed by atoms with Crippen molar-refractivity contribution in [2.24, 2.45) is 7.05 Å². The molecule has 1 aliphatic rings. The van der Waals surface area contributed by atoms with Crippen LogP contribution in [0.4, 0.5) is 11.4 Å². The molecule has 22 heavy (non-hydrogen) atoms. The van der Waals surface area contributed by atoms with Gasteiger partial charge in [0.05, 0.1) is 17.1 Å². The predicted octanol–water partition coefficient (Wildman–Crippen LogP) is 2.37. The maximum absolute atomic E-state index is 6.11. The minimum Gasteiger partial charge on any atom is -0.397 e. The van der Waals surface area contributed by atoms with Crippen molar-refractivity contribution in [1.82, 2.24) is 14.7 Å². The van der Waals surface area contributed by atoms with Gasteiger partial charge in [0.1, 0.15) is 0 Å². The van der Waals surface area contributed by atoms with Gasteiger partial charge in [0.25, 0.3) is 0 Å². The van der Waals surface area contributed by atoms with Crippen LogP contribution in [0.15, 0.2) is 30.5 Å². The van der Waals surface area contributed by atoms with E-state index in [0.717, 1.165) is 56.2 Å². The molecule has 1 aliphatic heterocycles. The summed E-state index contributed by atoms with van der Waals surface area (Å²) in [5.74, 6) is 0. The van der Waals surface area contributed by atoms with Crippen LogP contribution in [-0.2, 0) is 13.6 Å². The van der Waals surface area contributed by atoms with Crippen molar-refractivity contribution in [1.29, 1.82) is 0 Å². The molecule has 0 atom stereocenters. The largest absolute Gasteiger partial charge is 0.397 e. The van der Waals surface area contributed by atoms with Crippen LogP contribution in [0.2, 0.25) is 5.02 Å². The van der Waals surface area contributed by atoms with E-state index in [9.17, 15) is 0 Å². The highest BCUT2D eigenvalue weighted by Crippen LogP contribution is 2.27. The highest BCUT2D eigenvalue weighted by molar-refractivity contribution is 6.31. The zero-order valence-electron chi connectivity index (χ0n) is 12.9. The first-order valence-corrected chi connectivity index (χ1v) is 8.00. The molecule has 0 bridgehead atoms. The molecule has 2 aromatic rings. The third-order valence-corrected chi connectivity index (χ3v) is 4.31. The standard InChI is InChI=1S/C16H22ClN5/c1-20-8-5-14(19-20)12-21-6-2-7-22(10-9-21)16-4-3-13(17)11-15(16)18/h3-5,8,11H,2,6-7,9-10,12,18H2,1H3. The molecule has 0 unspecified atom stereocenters. The van der Waals surface area contributed by atoms with E-state index in [4.69, 9.17) is 17.3 Å². The summed E-state index contributed by atoms with van der Waals surface area (Å²) in [5.41, 5.74) is 9.08. The topological polar surface area (TPSA) is 50.3 Å². The molecule has 0 spiro atoms. The summed E-state index contributed by atoms with van der Waals surface area (Å²) in [6.45, 7) is 4.99. The highest BCUT2D eigenvalue weighted by atomic mass is 35.5. The lowest BCUT2D eigenvalue weighted by molar-refractivity contribution is 0.281. The average molecular weight is 320 g/mol. The van der Waals surface area contributed by atoms with E-state index in [2.05, 4.69) is 21.0 Å². The molecule has 0 amide bonds. The van der Waals surface area contributed by atoms with Gasteiger partial charge in [0.2, 0.25) is 0 Å². The molecule has 1 aromatic heterocycles. The second-order valence-electron chi connectivity index (χ2n) is 5.80. The lowest BCUT2D eigenvalue weighted by Gasteiger charge is -2.24. The van der Waals surface area contributed by atoms with Crippen molar-refractivity contribution >= 4 is 23.0 Å². The number of nitrogens with two attached hydrogens (primary N) is 1. The first-order valence-electron chi connectivity index (χ1n) is 7.63. The summed E-state index contributed by atoms with van der Waals surface area (Å²) in [7, 11) is 1.96. The number of aryl methyl sites for hydroxylation is 1. The molecule has 3 rings (SSSR count). The summed E-state index contributed by atoms with van der Waals surface area (Å²) < 4.78 is 1.86. The van der Waals surface area contributed by atoms with E-state index in [0.29, 0.717) is 5.02 Å². The SMILES string of the molecule is Cn1ccc(CN2CCCN(c3ccc(Cl)cc3N)CC2)n1. The van der Waals surface area contributed by atoms with Gasteiger partial charge in [-0.25, -0.2) is 0 Å². The first-order chi connectivity index (χ1) is 10.6. The van der Waals surface area contributed by atoms with Gasteiger partial charge in [-0.05, 0) is 30.7 Å². The van der Waals surface area contributed by atoms with Crippen LogP contribution < -0.4 is 10.6 Å². The van der Waals surface area contributed by atoms with Gasteiger partial charge in [-0.15, -0.1) is 0 Å². The Hall–Kier alpha value is -1.72. The zero-order valence-corrected chi connectivity index (χ0v) is 13.6. The molecule has 1 aromatic carbocycles. The van der Waals surface area contributed by atoms with Gasteiger partial charge in [-0.1, -0.05) is 11.6 Å². The minimum absolute atomic E-state index is 0.688. The van der Waals surface area contributed by atoms with Crippen LogP contribution in [0, 0.1) is 0 Å². The molecule has 2 heterocycles. The maximum atomic E-state index is 6.11. The van der Waals surface area contributed by atoms with Crippen LogP contribution in [0.5, 0.6) is 0 Å². The fourth-order valence-electron chi connectivity index (χ4n) is 2.96. The molecule has 5 nitrogen and oxygen atoms in total. The van der Waals surface area contributed by atoms with E-state index < -0.39 is 0 Å². The van der Waals surface area contributed by atoms with E-state index in [-0.39, 0.29) is 0 Å². The van der Waals surface area contributed by atoms with Gasteiger partial charge >= 0.3 is 0 Å². The second-order valence-corrected chi connectivity index (χ2v) is 6.24. The Morgan fingerprint density at radius 3 is 2.77 bits per heavy atom. The van der Waals surface area contributed by atoms with Crippen molar-refractivity contribution in [2.45, 2.75) is 13.0 Å². The molecule has 6 heteroatoms. The third kappa shape index (κ3) is 3.54. The van der Waals surface area contributed by atoms with Gasteiger partial charge in [0.15, 0.2) is 0 Å². The molecule has 2 N–H and O–H groups in total. The smallest absolute Gasteiger partial charge is 0.0764 e. The quantitative estimate of drug-likeness (QED) is 0.882. The van der Waals surface area contributed by atoms with Crippen LogP contribution in [0.3, 0.4) is 0 Å². The Balaban J connectivity index is 1.64. The lowest BCUT2D eigenvalue weighted by atomic mass is 10.2. The van der Waals surface area contributed by atoms with Gasteiger partial charge in [0, 0.05) is 51.0 Å². The summed E-state index contributed by atoms with van der Waals surface area (Å²) in [5, 5.41) is 5.15. The third-order valence-electron chi connectivity index (χ3n) is 4.07. The minimum atomic E-state index is 0.688. The van der Waals surface area contributed by atoms with Crippen LogP contribution in [0.25, 0.3) is 0 Å². The molecule has 118 valence electrons. The molecular weight excluding hydrogens is 298 g/mol. The van der Waals surface area contributed by atoms with Crippen LogP contribution in [-0.4, -0.2) is 40.9 Å². The molecule has 1 fully saturated rings. The summed E-state index contributed by atoms with van der Waals surface area (Å²) >= 11 is 5.99. The number of aromatic nitrogens is 2. The molecule has 0 aliphatic carbocycles. The Morgan fingerprint density at radius 1 is 1.18 bits per heavy atom. The molecule has 0 radical (unpaired) electrons. The zero-order chi connectivity index (χ0) is 15.5. The maximum Gasteiger partial charge on any atom is 0.0764 e. The average Bonchev–Trinajstić information content (AvgIpc) is 2.74.